The van der Waals surface area contributed by atoms with Crippen molar-refractivity contribution in [2.45, 2.75) is 13.2 Å². The number of nitrogens with zero attached hydrogens (tertiary/aromatic N) is 3. The van der Waals surface area contributed by atoms with E-state index in [1.54, 1.807) is 0 Å². The van der Waals surface area contributed by atoms with Crippen molar-refractivity contribution in [3.63, 3.8) is 0 Å². The molecule has 1 heterocycles. The van der Waals surface area contributed by atoms with E-state index in [1.165, 1.54) is 13.2 Å². The Kier molecular flexibility index (Phi) is 6.71. The first-order chi connectivity index (χ1) is 13.9. The van der Waals surface area contributed by atoms with Crippen LogP contribution < -0.4 is 14.4 Å². The third-order valence-corrected chi connectivity index (χ3v) is 4.95. The summed E-state index contributed by atoms with van der Waals surface area (Å²) in [5.41, 5.74) is 1.13. The Morgan fingerprint density at radius 3 is 2.48 bits per heavy atom. The molecule has 1 saturated heterocycles. The van der Waals surface area contributed by atoms with Gasteiger partial charge < -0.3 is 14.4 Å². The van der Waals surface area contributed by atoms with Gasteiger partial charge in [-0.2, -0.15) is 8.78 Å². The number of nitro benzene ring substituents is 1. The maximum absolute atomic E-state index is 12.6. The van der Waals surface area contributed by atoms with Crippen LogP contribution in [-0.4, -0.2) is 49.7 Å². The smallest absolute Gasteiger partial charge is 0.387 e. The minimum absolute atomic E-state index is 0.0310. The summed E-state index contributed by atoms with van der Waals surface area (Å²) in [6, 6.07) is 9.97. The van der Waals surface area contributed by atoms with Crippen LogP contribution in [0.5, 0.6) is 11.5 Å². The summed E-state index contributed by atoms with van der Waals surface area (Å²) in [6.45, 7) is 0.0254. The fourth-order valence-electron chi connectivity index (χ4n) is 3.31. The van der Waals surface area contributed by atoms with Gasteiger partial charge in [0.15, 0.2) is 11.5 Å². The second kappa shape index (κ2) is 9.23. The first kappa shape index (κ1) is 21.1. The molecule has 0 unspecified atom stereocenters. The lowest BCUT2D eigenvalue weighted by Crippen LogP contribution is -2.46. The summed E-state index contributed by atoms with van der Waals surface area (Å²) in [7, 11) is 1.30. The van der Waals surface area contributed by atoms with E-state index in [0.717, 1.165) is 24.8 Å². The summed E-state index contributed by atoms with van der Waals surface area (Å²) < 4.78 is 34.6. The number of benzene rings is 2. The zero-order valence-electron chi connectivity index (χ0n) is 15.7. The van der Waals surface area contributed by atoms with Crippen LogP contribution in [0.15, 0.2) is 36.4 Å². The number of alkyl halides is 2. The van der Waals surface area contributed by atoms with Gasteiger partial charge in [-0.3, -0.25) is 15.0 Å². The van der Waals surface area contributed by atoms with Gasteiger partial charge in [0.25, 0.3) is 5.69 Å². The summed E-state index contributed by atoms with van der Waals surface area (Å²) >= 11 is 6.05. The second-order valence-corrected chi connectivity index (χ2v) is 6.95. The number of ether oxygens (including phenoxy) is 2. The molecule has 0 N–H and O–H groups in total. The molecule has 0 atom stereocenters. The average Bonchev–Trinajstić information content (AvgIpc) is 2.68. The standard InChI is InChI=1S/C19H20ClF2N3O4/c1-28-17-9-13(16(25(26)27)11-18(17)29-19(21)22)12-23-5-7-24(8-6-23)15-4-2-3-14(20)10-15/h2-4,9-11,19H,5-8,12H2,1H3. The predicted octanol–water partition coefficient (Wildman–Crippen LogP) is 4.18. The minimum atomic E-state index is -3.10. The quantitative estimate of drug-likeness (QED) is 0.487. The van der Waals surface area contributed by atoms with E-state index < -0.39 is 11.5 Å². The second-order valence-electron chi connectivity index (χ2n) is 6.51. The lowest BCUT2D eigenvalue weighted by Gasteiger charge is -2.36. The number of methoxy groups -OCH3 is 1. The number of anilines is 1. The molecule has 156 valence electrons. The lowest BCUT2D eigenvalue weighted by atomic mass is 10.1. The van der Waals surface area contributed by atoms with Crippen molar-refractivity contribution in [2.24, 2.45) is 0 Å². The molecule has 0 bridgehead atoms. The van der Waals surface area contributed by atoms with Crippen molar-refractivity contribution in [2.75, 3.05) is 38.2 Å². The maximum Gasteiger partial charge on any atom is 0.387 e. The Hall–Kier alpha value is -2.65. The Morgan fingerprint density at radius 1 is 1.17 bits per heavy atom. The summed E-state index contributed by atoms with van der Waals surface area (Å²) in [4.78, 5) is 15.1. The molecule has 1 aliphatic rings. The molecule has 10 heteroatoms. The van der Waals surface area contributed by atoms with Gasteiger partial charge in [0, 0.05) is 49.0 Å². The van der Waals surface area contributed by atoms with Gasteiger partial charge in [0.2, 0.25) is 0 Å². The van der Waals surface area contributed by atoms with Crippen LogP contribution >= 0.6 is 11.6 Å². The number of piperazine rings is 1. The molecular weight excluding hydrogens is 408 g/mol. The zero-order chi connectivity index (χ0) is 21.0. The fourth-order valence-corrected chi connectivity index (χ4v) is 3.50. The van der Waals surface area contributed by atoms with E-state index in [4.69, 9.17) is 16.3 Å². The zero-order valence-corrected chi connectivity index (χ0v) is 16.4. The van der Waals surface area contributed by atoms with E-state index in [-0.39, 0.29) is 17.2 Å². The van der Waals surface area contributed by atoms with Gasteiger partial charge in [-0.25, -0.2) is 0 Å². The van der Waals surface area contributed by atoms with E-state index in [2.05, 4.69) is 14.5 Å². The molecule has 0 aliphatic carbocycles. The van der Waals surface area contributed by atoms with E-state index >= 15 is 0 Å². The van der Waals surface area contributed by atoms with Crippen LogP contribution in [0.1, 0.15) is 5.56 Å². The monoisotopic (exact) mass is 427 g/mol. The maximum atomic E-state index is 12.6. The minimum Gasteiger partial charge on any atom is -0.493 e. The van der Waals surface area contributed by atoms with Gasteiger partial charge in [0.05, 0.1) is 18.1 Å². The number of hydrogen-bond acceptors (Lipinski definition) is 6. The van der Waals surface area contributed by atoms with Crippen LogP contribution in [0.3, 0.4) is 0 Å². The number of hydrogen-bond donors (Lipinski definition) is 0. The largest absolute Gasteiger partial charge is 0.493 e. The van der Waals surface area contributed by atoms with Crippen molar-refractivity contribution in [1.82, 2.24) is 4.90 Å². The SMILES string of the molecule is COc1cc(CN2CCN(c3cccc(Cl)c3)CC2)c([N+](=O)[O-])cc1OC(F)F. The molecule has 1 fully saturated rings. The van der Waals surface area contributed by atoms with Crippen molar-refractivity contribution in [1.29, 1.82) is 0 Å². The van der Waals surface area contributed by atoms with Gasteiger partial charge in [-0.05, 0) is 24.3 Å². The molecule has 7 nitrogen and oxygen atoms in total. The molecule has 0 spiro atoms. The molecule has 3 rings (SSSR count). The van der Waals surface area contributed by atoms with Crippen LogP contribution in [-0.2, 0) is 6.54 Å². The first-order valence-electron chi connectivity index (χ1n) is 8.90. The Labute approximate surface area is 171 Å². The number of halogens is 3. The Bertz CT molecular complexity index is 877. The highest BCUT2D eigenvalue weighted by molar-refractivity contribution is 6.30. The summed E-state index contributed by atoms with van der Waals surface area (Å²) in [6.07, 6.45) is 0. The highest BCUT2D eigenvalue weighted by Gasteiger charge is 2.25. The molecule has 0 aromatic heterocycles. The van der Waals surface area contributed by atoms with E-state index in [1.807, 2.05) is 24.3 Å². The number of rotatable bonds is 7. The molecule has 0 radical (unpaired) electrons. The highest BCUT2D eigenvalue weighted by Crippen LogP contribution is 2.36. The molecular formula is C19H20ClF2N3O4. The van der Waals surface area contributed by atoms with Gasteiger partial charge in [0.1, 0.15) is 0 Å². The normalized spacial score (nSPS) is 14.9. The third kappa shape index (κ3) is 5.24. The van der Waals surface area contributed by atoms with Gasteiger partial charge in [-0.15, -0.1) is 0 Å². The summed E-state index contributed by atoms with van der Waals surface area (Å²) in [5.74, 6) is -0.327. The van der Waals surface area contributed by atoms with Crippen molar-refractivity contribution < 1.29 is 23.2 Å². The lowest BCUT2D eigenvalue weighted by molar-refractivity contribution is -0.385. The summed E-state index contributed by atoms with van der Waals surface area (Å²) in [5, 5.41) is 12.1. The van der Waals surface area contributed by atoms with Crippen molar-refractivity contribution >= 4 is 23.0 Å². The molecule has 29 heavy (non-hydrogen) atoms. The van der Waals surface area contributed by atoms with Crippen molar-refractivity contribution in [3.05, 3.63) is 57.1 Å². The van der Waals surface area contributed by atoms with Crippen LogP contribution in [0.4, 0.5) is 20.2 Å². The molecule has 0 amide bonds. The Balaban J connectivity index is 1.73. The van der Waals surface area contributed by atoms with Crippen LogP contribution in [0.2, 0.25) is 5.02 Å². The number of nitro groups is 1. The van der Waals surface area contributed by atoms with Gasteiger partial charge >= 0.3 is 6.61 Å². The van der Waals surface area contributed by atoms with E-state index in [0.29, 0.717) is 30.2 Å². The molecule has 0 saturated carbocycles. The molecule has 2 aromatic carbocycles. The van der Waals surface area contributed by atoms with Crippen LogP contribution in [0, 0.1) is 10.1 Å². The average molecular weight is 428 g/mol. The predicted molar refractivity (Wildman–Crippen MR) is 105 cm³/mol. The highest BCUT2D eigenvalue weighted by atomic mass is 35.5. The first-order valence-corrected chi connectivity index (χ1v) is 9.28. The molecule has 1 aliphatic heterocycles. The van der Waals surface area contributed by atoms with Crippen LogP contribution in [0.25, 0.3) is 0 Å². The Morgan fingerprint density at radius 2 is 1.90 bits per heavy atom. The fraction of sp³-hybridized carbons (Fsp3) is 0.368. The molecule has 2 aromatic rings. The topological polar surface area (TPSA) is 68.1 Å². The third-order valence-electron chi connectivity index (χ3n) is 4.72. The van der Waals surface area contributed by atoms with E-state index in [9.17, 15) is 18.9 Å². The van der Waals surface area contributed by atoms with Crippen molar-refractivity contribution in [3.8, 4) is 11.5 Å². The van der Waals surface area contributed by atoms with Gasteiger partial charge in [-0.1, -0.05) is 17.7 Å².